The number of rotatable bonds is 3. The van der Waals surface area contributed by atoms with E-state index in [0.717, 1.165) is 23.6 Å². The molecule has 0 saturated carbocycles. The number of aryl methyl sites for hydroxylation is 1. The lowest BCUT2D eigenvalue weighted by Crippen LogP contribution is -2.44. The van der Waals surface area contributed by atoms with Crippen molar-refractivity contribution in [1.82, 2.24) is 5.32 Å². The van der Waals surface area contributed by atoms with E-state index in [2.05, 4.69) is 18.3 Å². The Balaban J connectivity index is 1.99. The smallest absolute Gasteiger partial charge is 0.154 e. The Bertz CT molecular complexity index is 372. The van der Waals surface area contributed by atoms with E-state index < -0.39 is 0 Å². The van der Waals surface area contributed by atoms with Crippen LogP contribution >= 0.6 is 11.8 Å². The van der Waals surface area contributed by atoms with Crippen molar-refractivity contribution in [2.75, 3.05) is 18.1 Å². The largest absolute Gasteiger partial charge is 0.306 e. The second-order valence-electron chi connectivity index (χ2n) is 4.15. The SMILES string of the molecule is Cc1ccccc1CC(=O)C1CSCCN1. The van der Waals surface area contributed by atoms with Gasteiger partial charge in [0.05, 0.1) is 6.04 Å². The van der Waals surface area contributed by atoms with Crippen LogP contribution in [0, 0.1) is 6.92 Å². The van der Waals surface area contributed by atoms with E-state index in [1.807, 2.05) is 30.0 Å². The molecule has 1 aliphatic heterocycles. The fourth-order valence-electron chi connectivity index (χ4n) is 1.89. The summed E-state index contributed by atoms with van der Waals surface area (Å²) in [5.74, 6) is 2.36. The highest BCUT2D eigenvalue weighted by Gasteiger charge is 2.20. The Kier molecular flexibility index (Phi) is 4.02. The minimum Gasteiger partial charge on any atom is -0.306 e. The predicted molar refractivity (Wildman–Crippen MR) is 69.0 cm³/mol. The average molecular weight is 235 g/mol. The van der Waals surface area contributed by atoms with Gasteiger partial charge < -0.3 is 5.32 Å². The van der Waals surface area contributed by atoms with Crippen LogP contribution in [0.15, 0.2) is 24.3 Å². The summed E-state index contributed by atoms with van der Waals surface area (Å²) in [6, 6.07) is 8.17. The minimum absolute atomic E-state index is 0.0540. The zero-order chi connectivity index (χ0) is 11.4. The lowest BCUT2D eigenvalue weighted by Gasteiger charge is -2.22. The molecule has 16 heavy (non-hydrogen) atoms. The van der Waals surface area contributed by atoms with Gasteiger partial charge in [0.15, 0.2) is 5.78 Å². The molecule has 1 heterocycles. The maximum atomic E-state index is 12.0. The van der Waals surface area contributed by atoms with E-state index in [1.54, 1.807) is 0 Å². The Morgan fingerprint density at radius 3 is 3.00 bits per heavy atom. The Morgan fingerprint density at radius 2 is 2.31 bits per heavy atom. The van der Waals surface area contributed by atoms with Crippen molar-refractivity contribution < 1.29 is 4.79 Å². The molecule has 0 aliphatic carbocycles. The maximum absolute atomic E-state index is 12.0. The number of benzene rings is 1. The third-order valence-electron chi connectivity index (χ3n) is 2.94. The molecular formula is C13H17NOS. The summed E-state index contributed by atoms with van der Waals surface area (Å²) in [5.41, 5.74) is 2.36. The normalized spacial score (nSPS) is 20.7. The molecule has 1 fully saturated rings. The molecule has 0 radical (unpaired) electrons. The number of hydrogen-bond acceptors (Lipinski definition) is 3. The highest BCUT2D eigenvalue weighted by molar-refractivity contribution is 7.99. The molecule has 2 nitrogen and oxygen atoms in total. The fraction of sp³-hybridized carbons (Fsp3) is 0.462. The third-order valence-corrected chi connectivity index (χ3v) is 4.00. The summed E-state index contributed by atoms with van der Waals surface area (Å²) in [5, 5.41) is 3.29. The molecular weight excluding hydrogens is 218 g/mol. The Labute approximate surface area is 101 Å². The van der Waals surface area contributed by atoms with Gasteiger partial charge in [0.1, 0.15) is 0 Å². The van der Waals surface area contributed by atoms with Crippen LogP contribution in [0.1, 0.15) is 11.1 Å². The number of nitrogens with one attached hydrogen (secondary N) is 1. The molecule has 1 aliphatic rings. The first kappa shape index (κ1) is 11.7. The molecule has 0 amide bonds. The standard InChI is InChI=1S/C13H17NOS/c1-10-4-2-3-5-11(10)8-13(15)12-9-16-7-6-14-12/h2-5,12,14H,6-9H2,1H3. The summed E-state index contributed by atoms with van der Waals surface area (Å²) < 4.78 is 0. The van der Waals surface area contributed by atoms with E-state index in [0.29, 0.717) is 12.2 Å². The van der Waals surface area contributed by atoms with Gasteiger partial charge in [0.25, 0.3) is 0 Å². The topological polar surface area (TPSA) is 29.1 Å². The summed E-state index contributed by atoms with van der Waals surface area (Å²) in [4.78, 5) is 12.0. The third kappa shape index (κ3) is 2.86. The predicted octanol–water partition coefficient (Wildman–Crippen LogP) is 1.81. The molecule has 1 N–H and O–H groups in total. The second kappa shape index (κ2) is 5.51. The molecule has 1 saturated heterocycles. The number of carbonyl (C=O) groups excluding carboxylic acids is 1. The van der Waals surface area contributed by atoms with Gasteiger partial charge in [-0.2, -0.15) is 11.8 Å². The number of hydrogen-bond donors (Lipinski definition) is 1. The van der Waals surface area contributed by atoms with Crippen LogP contribution in [0.2, 0.25) is 0 Å². The lowest BCUT2D eigenvalue weighted by atomic mass is 10.0. The van der Waals surface area contributed by atoms with Crippen molar-refractivity contribution in [2.45, 2.75) is 19.4 Å². The molecule has 0 spiro atoms. The average Bonchev–Trinajstić information content (AvgIpc) is 2.33. The number of ketones is 1. The van der Waals surface area contributed by atoms with Gasteiger partial charge >= 0.3 is 0 Å². The number of Topliss-reactive ketones (excluding diaryl/α,β-unsaturated/α-hetero) is 1. The fourth-order valence-corrected chi connectivity index (χ4v) is 2.86. The van der Waals surface area contributed by atoms with Crippen molar-refractivity contribution in [1.29, 1.82) is 0 Å². The first-order chi connectivity index (χ1) is 7.77. The van der Waals surface area contributed by atoms with Crippen molar-refractivity contribution in [3.63, 3.8) is 0 Å². The van der Waals surface area contributed by atoms with Crippen molar-refractivity contribution in [2.24, 2.45) is 0 Å². The van der Waals surface area contributed by atoms with E-state index in [4.69, 9.17) is 0 Å². The van der Waals surface area contributed by atoms with Gasteiger partial charge in [0.2, 0.25) is 0 Å². The molecule has 86 valence electrons. The Morgan fingerprint density at radius 1 is 1.50 bits per heavy atom. The van der Waals surface area contributed by atoms with Crippen LogP contribution in [0.25, 0.3) is 0 Å². The van der Waals surface area contributed by atoms with Gasteiger partial charge in [-0.3, -0.25) is 4.79 Å². The zero-order valence-electron chi connectivity index (χ0n) is 9.53. The molecule has 1 unspecified atom stereocenters. The van der Waals surface area contributed by atoms with Gasteiger partial charge in [-0.05, 0) is 18.1 Å². The lowest BCUT2D eigenvalue weighted by molar-refractivity contribution is -0.119. The van der Waals surface area contributed by atoms with E-state index in [-0.39, 0.29) is 6.04 Å². The van der Waals surface area contributed by atoms with E-state index >= 15 is 0 Å². The van der Waals surface area contributed by atoms with Crippen molar-refractivity contribution in [3.8, 4) is 0 Å². The second-order valence-corrected chi connectivity index (χ2v) is 5.30. The molecule has 1 aromatic carbocycles. The maximum Gasteiger partial charge on any atom is 0.154 e. The van der Waals surface area contributed by atoms with Crippen LogP contribution < -0.4 is 5.32 Å². The van der Waals surface area contributed by atoms with E-state index in [9.17, 15) is 4.79 Å². The molecule has 1 atom stereocenters. The number of carbonyl (C=O) groups is 1. The van der Waals surface area contributed by atoms with Crippen LogP contribution in [0.3, 0.4) is 0 Å². The summed E-state index contributed by atoms with van der Waals surface area (Å²) in [6.07, 6.45) is 0.560. The van der Waals surface area contributed by atoms with Crippen molar-refractivity contribution in [3.05, 3.63) is 35.4 Å². The van der Waals surface area contributed by atoms with Gasteiger partial charge in [-0.25, -0.2) is 0 Å². The number of thioether (sulfide) groups is 1. The quantitative estimate of drug-likeness (QED) is 0.866. The highest BCUT2D eigenvalue weighted by Crippen LogP contribution is 2.13. The van der Waals surface area contributed by atoms with Crippen LogP contribution in [0.4, 0.5) is 0 Å². The van der Waals surface area contributed by atoms with Gasteiger partial charge in [-0.15, -0.1) is 0 Å². The first-order valence-corrected chi connectivity index (χ1v) is 6.81. The molecule has 2 rings (SSSR count). The molecule has 1 aromatic rings. The van der Waals surface area contributed by atoms with Crippen LogP contribution in [0.5, 0.6) is 0 Å². The summed E-state index contributed by atoms with van der Waals surface area (Å²) in [6.45, 7) is 3.01. The van der Waals surface area contributed by atoms with Crippen LogP contribution in [-0.4, -0.2) is 29.9 Å². The summed E-state index contributed by atoms with van der Waals surface area (Å²) in [7, 11) is 0. The molecule has 0 bridgehead atoms. The van der Waals surface area contributed by atoms with Gasteiger partial charge in [0, 0.05) is 24.5 Å². The zero-order valence-corrected chi connectivity index (χ0v) is 10.3. The van der Waals surface area contributed by atoms with Crippen molar-refractivity contribution >= 4 is 17.5 Å². The highest BCUT2D eigenvalue weighted by atomic mass is 32.2. The van der Waals surface area contributed by atoms with Gasteiger partial charge in [-0.1, -0.05) is 24.3 Å². The summed E-state index contributed by atoms with van der Waals surface area (Å²) >= 11 is 1.86. The first-order valence-electron chi connectivity index (χ1n) is 5.66. The Hall–Kier alpha value is -0.800. The van der Waals surface area contributed by atoms with E-state index in [1.165, 1.54) is 5.56 Å². The minimum atomic E-state index is 0.0540. The molecule has 3 heteroatoms. The molecule has 0 aromatic heterocycles. The monoisotopic (exact) mass is 235 g/mol. The van der Waals surface area contributed by atoms with Crippen LogP contribution in [-0.2, 0) is 11.2 Å².